The molecule has 1 amide bonds. The minimum absolute atomic E-state index is 0.120. The van der Waals surface area contributed by atoms with E-state index in [1.54, 1.807) is 0 Å². The topological polar surface area (TPSA) is 126 Å². The molecule has 4 aromatic rings. The number of hydrogen-bond donors (Lipinski definition) is 3. The Morgan fingerprint density at radius 2 is 1.64 bits per heavy atom. The van der Waals surface area contributed by atoms with Crippen LogP contribution in [0.4, 0.5) is 0 Å². The van der Waals surface area contributed by atoms with Crippen molar-refractivity contribution in [2.45, 2.75) is 16.6 Å². The Morgan fingerprint density at radius 1 is 0.944 bits per heavy atom. The molecule has 0 aliphatic rings. The molecule has 4 rings (SSSR count). The summed E-state index contributed by atoms with van der Waals surface area (Å²) >= 11 is 1.43. The van der Waals surface area contributed by atoms with E-state index < -0.39 is 10.0 Å². The van der Waals surface area contributed by atoms with Crippen molar-refractivity contribution in [1.29, 1.82) is 0 Å². The van der Waals surface area contributed by atoms with Crippen molar-refractivity contribution >= 4 is 27.7 Å². The fourth-order valence-electron chi connectivity index (χ4n) is 3.14. The number of carbonyl (C=O) groups excluding carboxylic acids is 1. The van der Waals surface area contributed by atoms with Gasteiger partial charge in [-0.1, -0.05) is 72.4 Å². The van der Waals surface area contributed by atoms with Crippen molar-refractivity contribution in [3.63, 3.8) is 0 Å². The van der Waals surface area contributed by atoms with Crippen LogP contribution in [-0.2, 0) is 21.4 Å². The van der Waals surface area contributed by atoms with Gasteiger partial charge < -0.3 is 10.1 Å². The van der Waals surface area contributed by atoms with Crippen molar-refractivity contribution < 1.29 is 17.9 Å². The molecular weight excluding hydrogens is 498 g/mol. The molecule has 186 valence electrons. The van der Waals surface area contributed by atoms with Crippen molar-refractivity contribution in [2.24, 2.45) is 0 Å². The lowest BCUT2D eigenvalue weighted by Crippen LogP contribution is -2.30. The minimum atomic E-state index is -3.66. The summed E-state index contributed by atoms with van der Waals surface area (Å²) in [6, 6.07) is 24.9. The van der Waals surface area contributed by atoms with Gasteiger partial charge in [0.1, 0.15) is 5.75 Å². The first-order valence-corrected chi connectivity index (χ1v) is 13.6. The molecule has 0 unspecified atom stereocenters. The molecule has 36 heavy (non-hydrogen) atoms. The van der Waals surface area contributed by atoms with Gasteiger partial charge in [0, 0.05) is 24.4 Å². The lowest BCUT2D eigenvalue weighted by Gasteiger charge is -2.09. The van der Waals surface area contributed by atoms with E-state index in [2.05, 4.69) is 25.2 Å². The van der Waals surface area contributed by atoms with Crippen molar-refractivity contribution in [3.05, 3.63) is 90.5 Å². The maximum atomic E-state index is 12.5. The second-order valence-corrected chi connectivity index (χ2v) is 10.4. The SMILES string of the molecule is O=C(COc1ccc(S(=O)(=O)NCc2ccccc2)cc1)NCCSc1n[nH]c(-c2ccccc2)n1. The predicted octanol–water partition coefficient (Wildman–Crippen LogP) is 3.24. The highest BCUT2D eigenvalue weighted by atomic mass is 32.2. The molecule has 9 nitrogen and oxygen atoms in total. The van der Waals surface area contributed by atoms with Crippen LogP contribution >= 0.6 is 11.8 Å². The van der Waals surface area contributed by atoms with E-state index in [1.165, 1.54) is 36.0 Å². The normalized spacial score (nSPS) is 11.2. The smallest absolute Gasteiger partial charge is 0.257 e. The average Bonchev–Trinajstić information content (AvgIpc) is 3.39. The summed E-state index contributed by atoms with van der Waals surface area (Å²) in [7, 11) is -3.66. The van der Waals surface area contributed by atoms with Crippen LogP contribution in [0.5, 0.6) is 5.75 Å². The molecule has 0 radical (unpaired) electrons. The minimum Gasteiger partial charge on any atom is -0.484 e. The maximum Gasteiger partial charge on any atom is 0.257 e. The number of nitrogens with one attached hydrogen (secondary N) is 3. The van der Waals surface area contributed by atoms with Crippen molar-refractivity contribution in [1.82, 2.24) is 25.2 Å². The summed E-state index contributed by atoms with van der Waals surface area (Å²) in [5.74, 6) is 1.41. The van der Waals surface area contributed by atoms with Crippen LogP contribution in [0.25, 0.3) is 11.4 Å². The van der Waals surface area contributed by atoms with Gasteiger partial charge in [-0.3, -0.25) is 9.89 Å². The van der Waals surface area contributed by atoms with Gasteiger partial charge in [-0.05, 0) is 29.8 Å². The number of amides is 1. The Hall–Kier alpha value is -3.67. The lowest BCUT2D eigenvalue weighted by atomic mass is 10.2. The van der Waals surface area contributed by atoms with Crippen LogP contribution in [-0.4, -0.2) is 48.4 Å². The summed E-state index contributed by atoms with van der Waals surface area (Å²) in [6.45, 7) is 0.443. The van der Waals surface area contributed by atoms with Crippen molar-refractivity contribution in [2.75, 3.05) is 18.9 Å². The number of benzene rings is 3. The quantitative estimate of drug-likeness (QED) is 0.192. The predicted molar refractivity (Wildman–Crippen MR) is 138 cm³/mol. The zero-order chi connectivity index (χ0) is 25.2. The van der Waals surface area contributed by atoms with Crippen LogP contribution in [0.3, 0.4) is 0 Å². The molecule has 1 aromatic heterocycles. The van der Waals surface area contributed by atoms with E-state index in [0.29, 0.717) is 29.0 Å². The average molecular weight is 524 g/mol. The standard InChI is InChI=1S/C25H25N5O4S2/c31-23(26-15-16-35-25-28-24(29-30-25)20-9-5-2-6-10-20)18-34-21-11-13-22(14-12-21)36(32,33)27-17-19-7-3-1-4-8-19/h1-14,27H,15-18H2,(H,26,31)(H,28,29,30). The van der Waals surface area contributed by atoms with E-state index in [1.807, 2.05) is 60.7 Å². The number of aromatic nitrogens is 3. The Bertz CT molecular complexity index is 1360. The third kappa shape index (κ3) is 7.41. The van der Waals surface area contributed by atoms with Gasteiger partial charge >= 0.3 is 0 Å². The first-order chi connectivity index (χ1) is 17.5. The molecule has 3 aromatic carbocycles. The van der Waals surface area contributed by atoms with Gasteiger partial charge in [0.05, 0.1) is 4.90 Å². The van der Waals surface area contributed by atoms with Gasteiger partial charge in [-0.25, -0.2) is 18.1 Å². The molecule has 1 heterocycles. The maximum absolute atomic E-state index is 12.5. The molecule has 0 saturated carbocycles. The largest absolute Gasteiger partial charge is 0.484 e. The first-order valence-electron chi connectivity index (χ1n) is 11.1. The Morgan fingerprint density at radius 3 is 2.36 bits per heavy atom. The summed E-state index contributed by atoms with van der Waals surface area (Å²) in [5.41, 5.74) is 1.82. The highest BCUT2D eigenvalue weighted by Gasteiger charge is 2.14. The number of rotatable bonds is 12. The summed E-state index contributed by atoms with van der Waals surface area (Å²) < 4.78 is 33.0. The molecule has 0 aliphatic heterocycles. The van der Waals surface area contributed by atoms with Gasteiger partial charge in [0.2, 0.25) is 15.2 Å². The second kappa shape index (κ2) is 12.3. The molecule has 3 N–H and O–H groups in total. The van der Waals surface area contributed by atoms with E-state index in [-0.39, 0.29) is 24.0 Å². The number of thioether (sulfide) groups is 1. The van der Waals surface area contributed by atoms with Gasteiger partial charge in [-0.15, -0.1) is 5.10 Å². The molecule has 0 bridgehead atoms. The number of ether oxygens (including phenoxy) is 1. The Kier molecular flexibility index (Phi) is 8.71. The lowest BCUT2D eigenvalue weighted by molar-refractivity contribution is -0.122. The number of nitrogens with zero attached hydrogens (tertiary/aromatic N) is 2. The number of sulfonamides is 1. The van der Waals surface area contributed by atoms with E-state index in [9.17, 15) is 13.2 Å². The number of carbonyl (C=O) groups is 1. The second-order valence-electron chi connectivity index (χ2n) is 7.60. The molecular formula is C25H25N5O4S2. The van der Waals surface area contributed by atoms with Crippen LogP contribution < -0.4 is 14.8 Å². The molecule has 0 atom stereocenters. The molecule has 0 saturated heterocycles. The van der Waals surface area contributed by atoms with Crippen LogP contribution in [0.1, 0.15) is 5.56 Å². The molecule has 0 spiro atoms. The number of H-pyrrole nitrogens is 1. The number of hydrogen-bond acceptors (Lipinski definition) is 7. The highest BCUT2D eigenvalue weighted by Crippen LogP contribution is 2.19. The Balaban J connectivity index is 1.16. The van der Waals surface area contributed by atoms with Gasteiger partial charge in [0.25, 0.3) is 5.91 Å². The van der Waals surface area contributed by atoms with Crippen molar-refractivity contribution in [3.8, 4) is 17.1 Å². The zero-order valence-electron chi connectivity index (χ0n) is 19.3. The van der Waals surface area contributed by atoms with Gasteiger partial charge in [-0.2, -0.15) is 0 Å². The molecule has 0 aliphatic carbocycles. The Labute approximate surface area is 213 Å². The van der Waals surface area contributed by atoms with E-state index in [0.717, 1.165) is 11.1 Å². The fourth-order valence-corrected chi connectivity index (χ4v) is 4.81. The zero-order valence-corrected chi connectivity index (χ0v) is 20.9. The summed E-state index contributed by atoms with van der Waals surface area (Å²) in [6.07, 6.45) is 0. The van der Waals surface area contributed by atoms with Gasteiger partial charge in [0.15, 0.2) is 12.4 Å². The third-order valence-corrected chi connectivity index (χ3v) is 7.25. The van der Waals surface area contributed by atoms with Crippen LogP contribution in [0.15, 0.2) is 95.0 Å². The first kappa shape index (κ1) is 25.4. The summed E-state index contributed by atoms with van der Waals surface area (Å²) in [5, 5.41) is 10.5. The fraction of sp³-hybridized carbons (Fsp3) is 0.160. The van der Waals surface area contributed by atoms with E-state index in [4.69, 9.17) is 4.74 Å². The highest BCUT2D eigenvalue weighted by molar-refractivity contribution is 7.99. The monoisotopic (exact) mass is 523 g/mol. The van der Waals surface area contributed by atoms with Crippen LogP contribution in [0.2, 0.25) is 0 Å². The van der Waals surface area contributed by atoms with Crippen LogP contribution in [0, 0.1) is 0 Å². The summed E-state index contributed by atoms with van der Waals surface area (Å²) in [4.78, 5) is 16.6. The third-order valence-electron chi connectivity index (χ3n) is 4.98. The van der Waals surface area contributed by atoms with E-state index >= 15 is 0 Å². The molecule has 0 fully saturated rings. The number of aromatic amines is 1. The molecule has 11 heteroatoms.